The highest BCUT2D eigenvalue weighted by molar-refractivity contribution is 6.01. The molecule has 2 saturated heterocycles. The van der Waals surface area contributed by atoms with Gasteiger partial charge in [-0.2, -0.15) is 9.97 Å². The molecule has 2 aliphatic carbocycles. The first-order valence-corrected chi connectivity index (χ1v) is 26.9. The van der Waals surface area contributed by atoms with Crippen LogP contribution in [0.1, 0.15) is 53.3 Å². The van der Waals surface area contributed by atoms with E-state index in [9.17, 15) is 19.2 Å². The minimum Gasteiger partial charge on any atom is -0.495 e. The van der Waals surface area contributed by atoms with Gasteiger partial charge in [0.25, 0.3) is 11.8 Å². The zero-order valence-corrected chi connectivity index (χ0v) is 43.9. The van der Waals surface area contributed by atoms with Gasteiger partial charge in [0, 0.05) is 72.2 Å². The first-order chi connectivity index (χ1) is 38.6. The lowest BCUT2D eigenvalue weighted by Gasteiger charge is -2.27. The number of fused-ring (bicyclic) bond motifs is 2. The van der Waals surface area contributed by atoms with Crippen molar-refractivity contribution < 1.29 is 38.1 Å². The van der Waals surface area contributed by atoms with Crippen LogP contribution in [-0.4, -0.2) is 129 Å². The van der Waals surface area contributed by atoms with Crippen molar-refractivity contribution >= 4 is 69.6 Å². The topological polar surface area (TPSA) is 220 Å². The number of rotatable bonds is 18. The van der Waals surface area contributed by atoms with Crippen LogP contribution < -0.4 is 30.7 Å². The number of aromatic nitrogens is 6. The molecule has 20 nitrogen and oxygen atoms in total. The first kappa shape index (κ1) is 50.9. The molecule has 0 radical (unpaired) electrons. The van der Waals surface area contributed by atoms with Crippen LogP contribution in [0.5, 0.6) is 11.5 Å². The lowest BCUT2D eigenvalue weighted by Crippen LogP contribution is -2.40. The Balaban J connectivity index is 0.673. The molecule has 20 heteroatoms. The van der Waals surface area contributed by atoms with Crippen molar-refractivity contribution in [2.45, 2.75) is 32.6 Å². The maximum atomic E-state index is 14.2. The van der Waals surface area contributed by atoms with Crippen LogP contribution in [0.4, 0.5) is 34.6 Å². The number of hydrogen-bond donors (Lipinski definition) is 4. The van der Waals surface area contributed by atoms with Crippen molar-refractivity contribution in [3.63, 3.8) is 0 Å². The van der Waals surface area contributed by atoms with E-state index in [0.717, 1.165) is 47.9 Å². The third-order valence-corrected chi connectivity index (χ3v) is 15.0. The molecule has 4 amide bonds. The van der Waals surface area contributed by atoms with E-state index in [4.69, 9.17) is 24.0 Å². The summed E-state index contributed by atoms with van der Waals surface area (Å²) in [5, 5.41) is 22.2. The summed E-state index contributed by atoms with van der Waals surface area (Å²) >= 11 is 0. The Morgan fingerprint density at radius 3 is 1.39 bits per heavy atom. The molecule has 404 valence electrons. The molecule has 4 aromatic carbocycles. The minimum atomic E-state index is -0.456. The maximum absolute atomic E-state index is 14.2. The summed E-state index contributed by atoms with van der Waals surface area (Å²) in [6, 6.07) is 33.7. The smallest absolute Gasteiger partial charge is 0.254 e. The molecule has 2 atom stereocenters. The van der Waals surface area contributed by atoms with Gasteiger partial charge in [-0.3, -0.25) is 19.2 Å². The second-order valence-electron chi connectivity index (χ2n) is 20.3. The predicted molar refractivity (Wildman–Crippen MR) is 297 cm³/mol. The van der Waals surface area contributed by atoms with Crippen LogP contribution >= 0.6 is 0 Å². The molecule has 2 unspecified atom stereocenters. The Kier molecular flexibility index (Phi) is 14.3. The van der Waals surface area contributed by atoms with Gasteiger partial charge >= 0.3 is 0 Å². The van der Waals surface area contributed by atoms with Gasteiger partial charge in [-0.15, -0.1) is 10.2 Å². The number of nitrogens with one attached hydrogen (secondary N) is 4. The molecule has 2 aliphatic heterocycles. The Labute approximate surface area is 455 Å². The fourth-order valence-electron chi connectivity index (χ4n) is 10.5. The monoisotopic (exact) mass is 1060 g/mol. The number of hydrogen-bond acceptors (Lipinski definition) is 14. The van der Waals surface area contributed by atoms with Gasteiger partial charge < -0.3 is 50.0 Å². The number of methoxy groups -OCH3 is 1. The van der Waals surface area contributed by atoms with Gasteiger partial charge in [0.1, 0.15) is 11.5 Å². The van der Waals surface area contributed by atoms with Crippen LogP contribution in [0.3, 0.4) is 0 Å². The fourth-order valence-corrected chi connectivity index (χ4v) is 10.5. The van der Waals surface area contributed by atoms with E-state index in [1.54, 1.807) is 56.3 Å². The Hall–Kier alpha value is -8.88. The average Bonchev–Trinajstić information content (AvgIpc) is 4.51. The number of amides is 4. The maximum Gasteiger partial charge on any atom is 0.254 e. The van der Waals surface area contributed by atoms with Crippen molar-refractivity contribution in [3.05, 3.63) is 133 Å². The van der Waals surface area contributed by atoms with Crippen LogP contribution in [0.15, 0.2) is 122 Å². The van der Waals surface area contributed by atoms with Gasteiger partial charge in [0.2, 0.25) is 23.7 Å². The number of carbonyl (C=O) groups excluding carboxylic acids is 4. The summed E-state index contributed by atoms with van der Waals surface area (Å²) in [5.41, 5.74) is 8.54. The number of carbonyl (C=O) groups is 4. The van der Waals surface area contributed by atoms with Gasteiger partial charge in [-0.25, -0.2) is 9.03 Å². The van der Waals surface area contributed by atoms with Gasteiger partial charge in [0.05, 0.1) is 63.4 Å². The van der Waals surface area contributed by atoms with Gasteiger partial charge in [-0.05, 0) is 140 Å². The molecule has 0 bridgehead atoms. The van der Waals surface area contributed by atoms with E-state index in [2.05, 4.69) is 36.3 Å². The summed E-state index contributed by atoms with van der Waals surface area (Å²) in [5.74, 6) is 0.712. The van der Waals surface area contributed by atoms with Crippen molar-refractivity contribution in [2.24, 2.45) is 23.7 Å². The van der Waals surface area contributed by atoms with Crippen molar-refractivity contribution in [1.29, 1.82) is 0 Å². The second-order valence-corrected chi connectivity index (χ2v) is 20.3. The lowest BCUT2D eigenvalue weighted by atomic mass is 9.82. The zero-order valence-electron chi connectivity index (χ0n) is 43.9. The van der Waals surface area contributed by atoms with E-state index >= 15 is 0 Å². The number of pyridine rings is 2. The number of morpholine rings is 2. The van der Waals surface area contributed by atoms with E-state index in [-0.39, 0.29) is 35.5 Å². The third kappa shape index (κ3) is 11.3. The molecular weight excluding hydrogens is 1000 g/mol. The molecular formula is C59H60N12O8. The Bertz CT molecular complexity index is 3560. The number of nitrogens with zero attached hydrogens (tertiary/aromatic N) is 8. The molecule has 4 fully saturated rings. The van der Waals surface area contributed by atoms with Crippen LogP contribution in [0.25, 0.3) is 33.5 Å². The highest BCUT2D eigenvalue weighted by Gasteiger charge is 2.50. The lowest BCUT2D eigenvalue weighted by molar-refractivity contribution is -0.130. The Morgan fingerprint density at radius 1 is 0.557 bits per heavy atom. The average molecular weight is 1070 g/mol. The molecule has 8 aromatic rings. The minimum absolute atomic E-state index is 0.0657. The Morgan fingerprint density at radius 2 is 0.975 bits per heavy atom. The van der Waals surface area contributed by atoms with E-state index < -0.39 is 11.8 Å². The molecule has 4 aromatic heterocycles. The molecule has 0 spiro atoms. The van der Waals surface area contributed by atoms with Crippen molar-refractivity contribution in [3.8, 4) is 33.8 Å². The predicted octanol–water partition coefficient (Wildman–Crippen LogP) is 8.57. The SMILES string of the molecule is CCOc1cc(C(=O)N2CCOCC2)ccc1Nc1nc2ccc(-c3ccc(NC(=O)C(C4CC4)C(C(=O)Nc4ccc(-c5ccc6nc(Nc7ccc(C(=O)N8CCOCC8)cc7OC)nn6c5)cc4)C4CC4)cc3)cn2n1. The van der Waals surface area contributed by atoms with Gasteiger partial charge in [-0.1, -0.05) is 24.3 Å². The molecule has 79 heavy (non-hydrogen) atoms. The van der Waals surface area contributed by atoms with E-state index in [1.807, 2.05) is 98.2 Å². The summed E-state index contributed by atoms with van der Waals surface area (Å²) in [6.45, 7) is 6.59. The number of anilines is 6. The highest BCUT2D eigenvalue weighted by Crippen LogP contribution is 2.50. The van der Waals surface area contributed by atoms with Crippen LogP contribution in [0, 0.1) is 23.7 Å². The largest absolute Gasteiger partial charge is 0.495 e. The summed E-state index contributed by atoms with van der Waals surface area (Å²) in [4.78, 5) is 67.7. The van der Waals surface area contributed by atoms with Crippen LogP contribution in [0.2, 0.25) is 0 Å². The quantitative estimate of drug-likeness (QED) is 0.0633. The highest BCUT2D eigenvalue weighted by atomic mass is 16.5. The van der Waals surface area contributed by atoms with E-state index in [0.29, 0.717) is 128 Å². The standard InChI is InChI=1S/C59H60N12O8/c1-3-79-49-33-41(57(75)69-26-30-78-31-27-69)13-21-47(49)63-59-65-51-23-15-43(35-71(51)67-59)37-10-18-45(19-11-37)61-55(73)53(39-6-7-39)52(38-4-5-38)54(72)60-44-16-8-36(9-17-44)42-14-22-50-64-58(66-70(50)34-42)62-46-20-12-40(32-48(46)76-2)56(74)68-24-28-77-29-25-68/h8-23,32-35,38-39,52-53H,3-7,24-31H2,1-2H3,(H,60,72)(H,61,73)(H,62,66)(H,63,67). The number of ether oxygens (including phenoxy) is 4. The van der Waals surface area contributed by atoms with Crippen molar-refractivity contribution in [1.82, 2.24) is 39.0 Å². The fraction of sp³-hybridized carbons (Fsp3) is 0.322. The second kappa shape index (κ2) is 22.2. The molecule has 6 heterocycles. The van der Waals surface area contributed by atoms with Gasteiger partial charge in [0.15, 0.2) is 11.3 Å². The summed E-state index contributed by atoms with van der Waals surface area (Å²) < 4.78 is 25.8. The van der Waals surface area contributed by atoms with E-state index in [1.165, 1.54) is 0 Å². The normalized spacial score (nSPS) is 16.3. The van der Waals surface area contributed by atoms with Crippen molar-refractivity contribution in [2.75, 3.05) is 87.6 Å². The molecule has 12 rings (SSSR count). The third-order valence-electron chi connectivity index (χ3n) is 15.0. The zero-order chi connectivity index (χ0) is 54.0. The summed E-state index contributed by atoms with van der Waals surface area (Å²) in [7, 11) is 1.56. The van der Waals surface area contributed by atoms with Crippen LogP contribution in [-0.2, 0) is 19.1 Å². The summed E-state index contributed by atoms with van der Waals surface area (Å²) in [6.07, 6.45) is 7.43. The number of benzene rings is 4. The first-order valence-electron chi connectivity index (χ1n) is 26.9. The molecule has 4 aliphatic rings. The molecule has 4 N–H and O–H groups in total. The molecule has 2 saturated carbocycles.